The predicted molar refractivity (Wildman–Crippen MR) is 63.9 cm³/mol. The minimum Gasteiger partial charge on any atom is -0.300 e. The van der Waals surface area contributed by atoms with Gasteiger partial charge in [0.1, 0.15) is 17.4 Å². The number of aryl methyl sites for hydroxylation is 1. The zero-order valence-corrected chi connectivity index (χ0v) is 10.4. The van der Waals surface area contributed by atoms with Crippen molar-refractivity contribution in [2.24, 2.45) is 0 Å². The zero-order chi connectivity index (χ0) is 12.8. The number of Topliss-reactive ketones (excluding diaryl/α,β-unsaturated/α-hetero) is 1. The molecule has 0 heterocycles. The van der Waals surface area contributed by atoms with Crippen molar-refractivity contribution >= 4 is 5.78 Å². The van der Waals surface area contributed by atoms with Gasteiger partial charge in [0.2, 0.25) is 0 Å². The van der Waals surface area contributed by atoms with Crippen molar-refractivity contribution in [3.8, 4) is 0 Å². The van der Waals surface area contributed by atoms with Crippen LogP contribution in [-0.4, -0.2) is 5.78 Å². The highest BCUT2D eigenvalue weighted by Gasteiger charge is 2.07. The van der Waals surface area contributed by atoms with E-state index in [-0.39, 0.29) is 11.3 Å². The van der Waals surface area contributed by atoms with Crippen LogP contribution in [0.3, 0.4) is 0 Å². The van der Waals surface area contributed by atoms with Crippen LogP contribution in [-0.2, 0) is 11.2 Å². The number of ketones is 1. The topological polar surface area (TPSA) is 17.1 Å². The molecule has 0 unspecified atom stereocenters. The van der Waals surface area contributed by atoms with Crippen LogP contribution in [0.2, 0.25) is 0 Å². The van der Waals surface area contributed by atoms with E-state index < -0.39 is 11.6 Å². The summed E-state index contributed by atoms with van der Waals surface area (Å²) in [5.41, 5.74) is 0.672. The number of hydrogen-bond donors (Lipinski definition) is 0. The molecule has 0 saturated heterocycles. The summed E-state index contributed by atoms with van der Waals surface area (Å²) in [5, 5.41) is 0. The number of benzene rings is 1. The van der Waals surface area contributed by atoms with Crippen molar-refractivity contribution < 1.29 is 13.6 Å². The Balaban J connectivity index is 2.50. The van der Waals surface area contributed by atoms with Crippen molar-refractivity contribution in [2.75, 3.05) is 0 Å². The van der Waals surface area contributed by atoms with Gasteiger partial charge in [-0.3, -0.25) is 4.79 Å². The Morgan fingerprint density at radius 3 is 2.29 bits per heavy atom. The van der Waals surface area contributed by atoms with Crippen molar-refractivity contribution in [1.29, 1.82) is 0 Å². The fourth-order valence-corrected chi connectivity index (χ4v) is 1.74. The summed E-state index contributed by atoms with van der Waals surface area (Å²) in [6.07, 6.45) is 3.14. The van der Waals surface area contributed by atoms with Gasteiger partial charge < -0.3 is 0 Å². The number of carbonyl (C=O) groups is 1. The maximum atomic E-state index is 13.2. The molecular weight excluding hydrogens is 222 g/mol. The van der Waals surface area contributed by atoms with E-state index in [9.17, 15) is 13.6 Å². The molecule has 0 aromatic heterocycles. The maximum absolute atomic E-state index is 13.2. The molecule has 0 aliphatic heterocycles. The third-order valence-corrected chi connectivity index (χ3v) is 2.79. The minimum absolute atomic E-state index is 0.0517. The quantitative estimate of drug-likeness (QED) is 0.735. The number of rotatable bonds is 6. The van der Waals surface area contributed by atoms with Crippen molar-refractivity contribution in [1.82, 2.24) is 0 Å². The van der Waals surface area contributed by atoms with Gasteiger partial charge in [0.25, 0.3) is 0 Å². The first-order chi connectivity index (χ1) is 8.04. The standard InChI is InChI=1S/C14H18F2O/c1-3-5-12(17)7-4-6-11-8-13(15)10(2)14(16)9-11/h8-9H,3-7H2,1-2H3. The van der Waals surface area contributed by atoms with Crippen LogP contribution >= 0.6 is 0 Å². The van der Waals surface area contributed by atoms with Gasteiger partial charge in [0.05, 0.1) is 0 Å². The lowest BCUT2D eigenvalue weighted by molar-refractivity contribution is -0.119. The van der Waals surface area contributed by atoms with E-state index in [0.717, 1.165) is 6.42 Å². The van der Waals surface area contributed by atoms with Crippen LogP contribution in [0.25, 0.3) is 0 Å². The average molecular weight is 240 g/mol. The maximum Gasteiger partial charge on any atom is 0.132 e. The summed E-state index contributed by atoms with van der Waals surface area (Å²) in [4.78, 5) is 11.3. The molecule has 0 bridgehead atoms. The summed E-state index contributed by atoms with van der Waals surface area (Å²) in [7, 11) is 0. The lowest BCUT2D eigenvalue weighted by Crippen LogP contribution is -1.99. The van der Waals surface area contributed by atoms with E-state index in [2.05, 4.69) is 0 Å². The Morgan fingerprint density at radius 2 is 1.76 bits per heavy atom. The van der Waals surface area contributed by atoms with E-state index in [0.29, 0.717) is 31.2 Å². The third kappa shape index (κ3) is 4.25. The number of hydrogen-bond acceptors (Lipinski definition) is 1. The molecule has 0 amide bonds. The van der Waals surface area contributed by atoms with E-state index in [1.54, 1.807) is 0 Å². The van der Waals surface area contributed by atoms with Gasteiger partial charge in [0, 0.05) is 18.4 Å². The normalized spacial score (nSPS) is 10.6. The van der Waals surface area contributed by atoms with Gasteiger partial charge in [-0.25, -0.2) is 8.78 Å². The number of halogens is 2. The molecule has 94 valence electrons. The molecule has 0 fully saturated rings. The van der Waals surface area contributed by atoms with Gasteiger partial charge in [-0.05, 0) is 43.9 Å². The largest absolute Gasteiger partial charge is 0.300 e. The van der Waals surface area contributed by atoms with Gasteiger partial charge in [-0.1, -0.05) is 6.92 Å². The smallest absolute Gasteiger partial charge is 0.132 e. The molecule has 0 spiro atoms. The van der Waals surface area contributed by atoms with Gasteiger partial charge >= 0.3 is 0 Å². The average Bonchev–Trinajstić information content (AvgIpc) is 2.26. The van der Waals surface area contributed by atoms with E-state index >= 15 is 0 Å². The fourth-order valence-electron chi connectivity index (χ4n) is 1.74. The molecule has 0 aliphatic rings. The van der Waals surface area contributed by atoms with E-state index in [4.69, 9.17) is 0 Å². The molecule has 1 aromatic carbocycles. The summed E-state index contributed by atoms with van der Waals surface area (Å²) in [6.45, 7) is 3.38. The second-order valence-corrected chi connectivity index (χ2v) is 4.33. The Labute approximate surface area is 101 Å². The summed E-state index contributed by atoms with van der Waals surface area (Å²) in [6, 6.07) is 2.70. The molecule has 0 radical (unpaired) electrons. The first kappa shape index (κ1) is 13.8. The van der Waals surface area contributed by atoms with E-state index in [1.165, 1.54) is 19.1 Å². The lowest BCUT2D eigenvalue weighted by Gasteiger charge is -2.04. The highest BCUT2D eigenvalue weighted by molar-refractivity contribution is 5.78. The molecule has 0 N–H and O–H groups in total. The second-order valence-electron chi connectivity index (χ2n) is 4.33. The van der Waals surface area contributed by atoms with Crippen molar-refractivity contribution in [3.05, 3.63) is 34.9 Å². The third-order valence-electron chi connectivity index (χ3n) is 2.79. The summed E-state index contributed by atoms with van der Waals surface area (Å²) < 4.78 is 26.5. The van der Waals surface area contributed by atoms with Crippen molar-refractivity contribution in [3.63, 3.8) is 0 Å². The number of carbonyl (C=O) groups excluding carboxylic acids is 1. The van der Waals surface area contributed by atoms with Gasteiger partial charge in [-0.15, -0.1) is 0 Å². The summed E-state index contributed by atoms with van der Waals surface area (Å²) in [5.74, 6) is -0.805. The molecule has 1 nitrogen and oxygen atoms in total. The molecule has 1 aromatic rings. The minimum atomic E-state index is -0.514. The first-order valence-corrected chi connectivity index (χ1v) is 6.00. The van der Waals surface area contributed by atoms with Crippen LogP contribution in [0.5, 0.6) is 0 Å². The van der Waals surface area contributed by atoms with Crippen LogP contribution in [0.1, 0.15) is 43.7 Å². The molecule has 0 atom stereocenters. The fraction of sp³-hybridized carbons (Fsp3) is 0.500. The molecule has 0 aliphatic carbocycles. The lowest BCUT2D eigenvalue weighted by atomic mass is 10.0. The molecule has 17 heavy (non-hydrogen) atoms. The van der Waals surface area contributed by atoms with Crippen LogP contribution in [0, 0.1) is 18.6 Å². The Bertz CT molecular complexity index is 376. The highest BCUT2D eigenvalue weighted by Crippen LogP contribution is 2.16. The first-order valence-electron chi connectivity index (χ1n) is 6.00. The summed E-state index contributed by atoms with van der Waals surface area (Å²) >= 11 is 0. The van der Waals surface area contributed by atoms with Gasteiger partial charge in [0.15, 0.2) is 0 Å². The monoisotopic (exact) mass is 240 g/mol. The second kappa shape index (κ2) is 6.48. The molecule has 0 saturated carbocycles. The van der Waals surface area contributed by atoms with Gasteiger partial charge in [-0.2, -0.15) is 0 Å². The Morgan fingerprint density at radius 1 is 1.18 bits per heavy atom. The molecule has 3 heteroatoms. The van der Waals surface area contributed by atoms with E-state index in [1.807, 2.05) is 6.92 Å². The highest BCUT2D eigenvalue weighted by atomic mass is 19.1. The van der Waals surface area contributed by atoms with Crippen LogP contribution < -0.4 is 0 Å². The Hall–Kier alpha value is -1.25. The molecule has 1 rings (SSSR count). The zero-order valence-electron chi connectivity index (χ0n) is 10.4. The Kier molecular flexibility index (Phi) is 5.26. The molecular formula is C14H18F2O. The predicted octanol–water partition coefficient (Wildman–Crippen LogP) is 3.97. The van der Waals surface area contributed by atoms with Crippen LogP contribution in [0.15, 0.2) is 12.1 Å². The van der Waals surface area contributed by atoms with Crippen molar-refractivity contribution in [2.45, 2.75) is 46.0 Å². The SMILES string of the molecule is CCCC(=O)CCCc1cc(F)c(C)c(F)c1. The van der Waals surface area contributed by atoms with Crippen LogP contribution in [0.4, 0.5) is 8.78 Å².